The molecule has 3 heterocycles. The molecule has 0 radical (unpaired) electrons. The van der Waals surface area contributed by atoms with Crippen LogP contribution in [0.3, 0.4) is 0 Å². The van der Waals surface area contributed by atoms with Gasteiger partial charge in [0.15, 0.2) is 0 Å². The molecule has 0 aromatic rings. The van der Waals surface area contributed by atoms with Crippen molar-refractivity contribution < 1.29 is 19.1 Å². The lowest BCUT2D eigenvalue weighted by atomic mass is 9.86. The molecular weight excluding hydrogens is 336 g/mol. The first kappa shape index (κ1) is 19.4. The van der Waals surface area contributed by atoms with Gasteiger partial charge in [-0.25, -0.2) is 4.79 Å². The van der Waals surface area contributed by atoms with Gasteiger partial charge in [0.05, 0.1) is 19.8 Å². The molecular formula is C18H32N4O4. The van der Waals surface area contributed by atoms with Crippen molar-refractivity contribution in [1.29, 1.82) is 0 Å². The third kappa shape index (κ3) is 4.13. The number of hydrogen-bond donors (Lipinski definition) is 0. The van der Waals surface area contributed by atoms with Gasteiger partial charge in [-0.2, -0.15) is 0 Å². The Morgan fingerprint density at radius 2 is 1.88 bits per heavy atom. The van der Waals surface area contributed by atoms with Crippen LogP contribution in [0, 0.1) is 0 Å². The van der Waals surface area contributed by atoms with E-state index in [0.717, 1.165) is 32.5 Å². The van der Waals surface area contributed by atoms with Crippen LogP contribution >= 0.6 is 0 Å². The van der Waals surface area contributed by atoms with Crippen molar-refractivity contribution in [2.75, 3.05) is 79.8 Å². The van der Waals surface area contributed by atoms with Gasteiger partial charge in [-0.3, -0.25) is 9.69 Å². The summed E-state index contributed by atoms with van der Waals surface area (Å²) in [6.07, 6.45) is 2.23. The van der Waals surface area contributed by atoms with Gasteiger partial charge in [0.2, 0.25) is 5.91 Å². The second-order valence-electron chi connectivity index (χ2n) is 7.57. The molecule has 8 heteroatoms. The summed E-state index contributed by atoms with van der Waals surface area (Å²) in [5.74, 6) is 0.198. The highest BCUT2D eigenvalue weighted by atomic mass is 16.5. The molecule has 0 aromatic heterocycles. The zero-order valence-corrected chi connectivity index (χ0v) is 16.1. The van der Waals surface area contributed by atoms with E-state index in [4.69, 9.17) is 9.47 Å². The Morgan fingerprint density at radius 1 is 1.12 bits per heavy atom. The molecule has 26 heavy (non-hydrogen) atoms. The lowest BCUT2D eigenvalue weighted by Crippen LogP contribution is -2.64. The predicted molar refractivity (Wildman–Crippen MR) is 97.0 cm³/mol. The van der Waals surface area contributed by atoms with Gasteiger partial charge in [0.1, 0.15) is 0 Å². The Morgan fingerprint density at radius 3 is 2.62 bits per heavy atom. The molecule has 3 aliphatic rings. The fourth-order valence-corrected chi connectivity index (χ4v) is 4.25. The average Bonchev–Trinajstić information content (AvgIpc) is 2.83. The Balaban J connectivity index is 1.67. The van der Waals surface area contributed by atoms with Gasteiger partial charge in [-0.15, -0.1) is 0 Å². The predicted octanol–water partition coefficient (Wildman–Crippen LogP) is 0.0837. The lowest BCUT2D eigenvalue weighted by molar-refractivity contribution is -0.131. The smallest absolute Gasteiger partial charge is 0.320 e. The number of likely N-dealkylation sites (N-methyl/N-ethyl adjacent to an activating group) is 1. The Kier molecular flexibility index (Phi) is 6.37. The summed E-state index contributed by atoms with van der Waals surface area (Å²) in [7, 11) is 3.79. The van der Waals surface area contributed by atoms with E-state index < -0.39 is 0 Å². The van der Waals surface area contributed by atoms with Crippen LogP contribution in [0.1, 0.15) is 19.3 Å². The van der Waals surface area contributed by atoms with E-state index in [2.05, 4.69) is 11.9 Å². The van der Waals surface area contributed by atoms with Gasteiger partial charge in [-0.05, 0) is 19.9 Å². The summed E-state index contributed by atoms with van der Waals surface area (Å²) in [5, 5.41) is 0. The van der Waals surface area contributed by atoms with E-state index in [1.807, 2.05) is 14.7 Å². The quantitative estimate of drug-likeness (QED) is 0.706. The molecule has 148 valence electrons. The summed E-state index contributed by atoms with van der Waals surface area (Å²) in [4.78, 5) is 33.6. The summed E-state index contributed by atoms with van der Waals surface area (Å²) >= 11 is 0. The number of ether oxygens (including phenoxy) is 2. The van der Waals surface area contributed by atoms with E-state index in [1.54, 1.807) is 7.11 Å². The normalized spacial score (nSPS) is 28.5. The monoisotopic (exact) mass is 368 g/mol. The molecule has 0 aromatic carbocycles. The van der Waals surface area contributed by atoms with E-state index in [9.17, 15) is 9.59 Å². The van der Waals surface area contributed by atoms with Crippen LogP contribution in [0.2, 0.25) is 0 Å². The molecule has 0 N–H and O–H groups in total. The van der Waals surface area contributed by atoms with Gasteiger partial charge in [0.25, 0.3) is 0 Å². The van der Waals surface area contributed by atoms with Crippen LogP contribution in [-0.2, 0) is 14.3 Å². The standard InChI is InChI=1S/C18H32N4O4/c1-19-7-8-22(17(24)21-10-13-26-14-11-21)15-18(19)4-3-16(23)20(6-5-18)9-12-25-2/h3-15H2,1-2H3/t18-/m0/s1. The van der Waals surface area contributed by atoms with Crippen LogP contribution in [-0.4, -0.2) is 117 Å². The number of morpholine rings is 1. The molecule has 0 saturated carbocycles. The molecule has 3 fully saturated rings. The minimum atomic E-state index is -0.113. The third-order valence-electron chi connectivity index (χ3n) is 6.12. The summed E-state index contributed by atoms with van der Waals surface area (Å²) in [6, 6.07) is 0.118. The molecule has 3 amide bonds. The molecule has 8 nitrogen and oxygen atoms in total. The van der Waals surface area contributed by atoms with E-state index in [-0.39, 0.29) is 17.5 Å². The Labute approximate surface area is 156 Å². The van der Waals surface area contributed by atoms with Crippen molar-refractivity contribution in [3.63, 3.8) is 0 Å². The number of methoxy groups -OCH3 is 1. The van der Waals surface area contributed by atoms with Crippen molar-refractivity contribution >= 4 is 11.9 Å². The minimum Gasteiger partial charge on any atom is -0.383 e. The number of nitrogens with zero attached hydrogens (tertiary/aromatic N) is 4. The van der Waals surface area contributed by atoms with Crippen molar-refractivity contribution in [1.82, 2.24) is 19.6 Å². The second kappa shape index (κ2) is 8.54. The highest BCUT2D eigenvalue weighted by Crippen LogP contribution is 2.32. The van der Waals surface area contributed by atoms with Crippen LogP contribution in [0.4, 0.5) is 4.79 Å². The molecule has 0 unspecified atom stereocenters. The lowest BCUT2D eigenvalue weighted by Gasteiger charge is -2.50. The molecule has 0 aliphatic carbocycles. The fraction of sp³-hybridized carbons (Fsp3) is 0.889. The van der Waals surface area contributed by atoms with Crippen LogP contribution in [0.5, 0.6) is 0 Å². The highest BCUT2D eigenvalue weighted by molar-refractivity contribution is 5.77. The van der Waals surface area contributed by atoms with E-state index >= 15 is 0 Å². The number of carbonyl (C=O) groups is 2. The maximum Gasteiger partial charge on any atom is 0.320 e. The van der Waals surface area contributed by atoms with Gasteiger partial charge < -0.3 is 24.2 Å². The van der Waals surface area contributed by atoms with Crippen molar-refractivity contribution in [3.05, 3.63) is 0 Å². The number of carbonyl (C=O) groups excluding carboxylic acids is 2. The number of rotatable bonds is 3. The Bertz CT molecular complexity index is 511. The zero-order chi connectivity index (χ0) is 18.6. The molecule has 1 spiro atoms. The number of hydrogen-bond acceptors (Lipinski definition) is 5. The number of likely N-dealkylation sites (tertiary alicyclic amines) is 1. The zero-order valence-electron chi connectivity index (χ0n) is 16.1. The van der Waals surface area contributed by atoms with Crippen LogP contribution in [0.25, 0.3) is 0 Å². The van der Waals surface area contributed by atoms with Crippen molar-refractivity contribution in [2.24, 2.45) is 0 Å². The van der Waals surface area contributed by atoms with Gasteiger partial charge in [-0.1, -0.05) is 0 Å². The summed E-state index contributed by atoms with van der Waals surface area (Å²) < 4.78 is 10.5. The van der Waals surface area contributed by atoms with Gasteiger partial charge in [0, 0.05) is 64.9 Å². The first-order valence-corrected chi connectivity index (χ1v) is 9.65. The average molecular weight is 368 g/mol. The summed E-state index contributed by atoms with van der Waals surface area (Å²) in [5.41, 5.74) is -0.113. The molecule has 3 saturated heterocycles. The molecule has 0 bridgehead atoms. The SMILES string of the molecule is COCCN1CC[C@@]2(CCC1=O)CN(C(=O)N1CCOCC1)CCN2C. The van der Waals surface area contributed by atoms with Crippen LogP contribution < -0.4 is 0 Å². The highest BCUT2D eigenvalue weighted by Gasteiger charge is 2.44. The Hall–Kier alpha value is -1.38. The topological polar surface area (TPSA) is 65.6 Å². The van der Waals surface area contributed by atoms with Crippen LogP contribution in [0.15, 0.2) is 0 Å². The van der Waals surface area contributed by atoms with Crippen molar-refractivity contribution in [2.45, 2.75) is 24.8 Å². The van der Waals surface area contributed by atoms with Crippen molar-refractivity contribution in [3.8, 4) is 0 Å². The van der Waals surface area contributed by atoms with Gasteiger partial charge >= 0.3 is 6.03 Å². The maximum atomic E-state index is 12.9. The number of amides is 3. The summed E-state index contributed by atoms with van der Waals surface area (Å²) in [6.45, 7) is 6.81. The van der Waals surface area contributed by atoms with E-state index in [1.165, 1.54) is 0 Å². The largest absolute Gasteiger partial charge is 0.383 e. The molecule has 3 aliphatic heterocycles. The third-order valence-corrected chi connectivity index (χ3v) is 6.12. The number of urea groups is 1. The fourth-order valence-electron chi connectivity index (χ4n) is 4.25. The first-order chi connectivity index (χ1) is 12.6. The molecule has 1 atom stereocenters. The van der Waals surface area contributed by atoms with E-state index in [0.29, 0.717) is 52.4 Å². The minimum absolute atomic E-state index is 0.113. The number of piperazine rings is 1. The maximum absolute atomic E-state index is 12.9. The first-order valence-electron chi connectivity index (χ1n) is 9.65. The molecule has 3 rings (SSSR count). The second-order valence-corrected chi connectivity index (χ2v) is 7.57.